The van der Waals surface area contributed by atoms with Crippen molar-refractivity contribution < 1.29 is 9.47 Å². The molecular formula is C21H30ClIN4O2S. The average molecular weight is 565 g/mol. The van der Waals surface area contributed by atoms with Gasteiger partial charge >= 0.3 is 0 Å². The molecule has 1 saturated heterocycles. The molecule has 1 fully saturated rings. The maximum atomic E-state index is 6.33. The number of aliphatic imine (C=N–C) groups is 1. The Morgan fingerprint density at radius 2 is 2.03 bits per heavy atom. The molecule has 0 spiro atoms. The van der Waals surface area contributed by atoms with Crippen LogP contribution in [0, 0.1) is 13.8 Å². The van der Waals surface area contributed by atoms with Crippen molar-refractivity contribution in [1.82, 2.24) is 15.6 Å². The molecule has 2 aromatic rings. The first-order valence-electron chi connectivity index (χ1n) is 9.76. The van der Waals surface area contributed by atoms with Crippen LogP contribution >= 0.6 is 46.9 Å². The number of hydrogen-bond acceptors (Lipinski definition) is 5. The Hall–Kier alpha value is -1.10. The van der Waals surface area contributed by atoms with Gasteiger partial charge in [0, 0.05) is 47.7 Å². The van der Waals surface area contributed by atoms with Crippen LogP contribution in [0.25, 0.3) is 0 Å². The summed E-state index contributed by atoms with van der Waals surface area (Å²) in [4.78, 5) is 10.2. The van der Waals surface area contributed by atoms with Gasteiger partial charge in [0.05, 0.1) is 19.3 Å². The van der Waals surface area contributed by atoms with Gasteiger partial charge in [-0.15, -0.1) is 35.3 Å². The molecule has 0 radical (unpaired) electrons. The highest BCUT2D eigenvalue weighted by Gasteiger charge is 2.37. The van der Waals surface area contributed by atoms with Crippen molar-refractivity contribution >= 4 is 52.9 Å². The highest BCUT2D eigenvalue weighted by atomic mass is 127. The van der Waals surface area contributed by atoms with Gasteiger partial charge in [0.25, 0.3) is 0 Å². The second kappa shape index (κ2) is 11.5. The SMILES string of the molecule is CN=C(NCc1nc(C)c(C)s1)NCC1(c2cc(Cl)ccc2OC)CCOCC1.I. The Morgan fingerprint density at radius 1 is 1.30 bits per heavy atom. The van der Waals surface area contributed by atoms with Crippen LogP contribution in [0.4, 0.5) is 0 Å². The summed E-state index contributed by atoms with van der Waals surface area (Å²) < 4.78 is 11.3. The molecule has 1 aromatic carbocycles. The van der Waals surface area contributed by atoms with Gasteiger partial charge in [0.1, 0.15) is 10.8 Å². The monoisotopic (exact) mass is 564 g/mol. The number of methoxy groups -OCH3 is 1. The molecule has 30 heavy (non-hydrogen) atoms. The minimum atomic E-state index is -0.138. The fourth-order valence-electron chi connectivity index (χ4n) is 3.65. The number of hydrogen-bond donors (Lipinski definition) is 2. The Balaban J connectivity index is 0.00000320. The first-order valence-corrected chi connectivity index (χ1v) is 11.0. The van der Waals surface area contributed by atoms with E-state index in [-0.39, 0.29) is 29.4 Å². The van der Waals surface area contributed by atoms with Crippen LogP contribution in [-0.2, 0) is 16.7 Å². The summed E-state index contributed by atoms with van der Waals surface area (Å²) in [6.07, 6.45) is 1.77. The molecule has 0 amide bonds. The smallest absolute Gasteiger partial charge is 0.191 e. The van der Waals surface area contributed by atoms with E-state index in [9.17, 15) is 0 Å². The van der Waals surface area contributed by atoms with Gasteiger partial charge in [-0.25, -0.2) is 4.98 Å². The maximum absolute atomic E-state index is 6.33. The van der Waals surface area contributed by atoms with Gasteiger partial charge in [-0.05, 0) is 44.9 Å². The molecular weight excluding hydrogens is 535 g/mol. The number of aryl methyl sites for hydroxylation is 2. The predicted molar refractivity (Wildman–Crippen MR) is 135 cm³/mol. The minimum Gasteiger partial charge on any atom is -0.496 e. The van der Waals surface area contributed by atoms with Crippen molar-refractivity contribution in [2.75, 3.05) is 33.9 Å². The fraction of sp³-hybridized carbons (Fsp3) is 0.524. The molecule has 1 aromatic heterocycles. The summed E-state index contributed by atoms with van der Waals surface area (Å²) in [5.74, 6) is 1.61. The lowest BCUT2D eigenvalue weighted by atomic mass is 9.73. The maximum Gasteiger partial charge on any atom is 0.191 e. The molecule has 0 aliphatic carbocycles. The van der Waals surface area contributed by atoms with Crippen molar-refractivity contribution in [3.63, 3.8) is 0 Å². The number of rotatable bonds is 6. The van der Waals surface area contributed by atoms with Crippen molar-refractivity contribution in [2.24, 2.45) is 4.99 Å². The Labute approximate surface area is 204 Å². The summed E-state index contributed by atoms with van der Waals surface area (Å²) in [6.45, 7) is 6.91. The highest BCUT2D eigenvalue weighted by Crippen LogP contribution is 2.40. The largest absolute Gasteiger partial charge is 0.496 e. The van der Waals surface area contributed by atoms with E-state index in [1.54, 1.807) is 25.5 Å². The Bertz CT molecular complexity index is 849. The topological polar surface area (TPSA) is 67.8 Å². The zero-order chi connectivity index (χ0) is 20.9. The van der Waals surface area contributed by atoms with E-state index in [4.69, 9.17) is 21.1 Å². The third-order valence-electron chi connectivity index (χ3n) is 5.48. The first kappa shape index (κ1) is 25.2. The quantitative estimate of drug-likeness (QED) is 0.308. The summed E-state index contributed by atoms with van der Waals surface area (Å²) in [5, 5.41) is 8.64. The second-order valence-corrected chi connectivity index (χ2v) is 8.99. The van der Waals surface area contributed by atoms with E-state index < -0.39 is 0 Å². The van der Waals surface area contributed by atoms with Gasteiger partial charge in [0.2, 0.25) is 0 Å². The molecule has 2 N–H and O–H groups in total. The van der Waals surface area contributed by atoms with E-state index in [0.717, 1.165) is 40.8 Å². The summed E-state index contributed by atoms with van der Waals surface area (Å²) in [6, 6.07) is 5.82. The molecule has 0 saturated carbocycles. The van der Waals surface area contributed by atoms with Crippen molar-refractivity contribution in [2.45, 2.75) is 38.6 Å². The van der Waals surface area contributed by atoms with Gasteiger partial charge in [-0.1, -0.05) is 11.6 Å². The van der Waals surface area contributed by atoms with Crippen LogP contribution in [0.1, 0.15) is 34.0 Å². The first-order chi connectivity index (χ1) is 14.0. The molecule has 9 heteroatoms. The Morgan fingerprint density at radius 3 is 2.63 bits per heavy atom. The summed E-state index contributed by atoms with van der Waals surface area (Å²) in [5.41, 5.74) is 2.06. The molecule has 0 atom stereocenters. The standard InChI is InChI=1S/C21H29ClN4O2S.HI/c1-14-15(2)29-19(26-14)12-24-20(23-3)25-13-21(7-9-28-10-8-21)17-11-16(22)5-6-18(17)27-4;/h5-6,11H,7-10,12-13H2,1-4H3,(H2,23,24,25);1H. The van der Waals surface area contributed by atoms with E-state index >= 15 is 0 Å². The molecule has 166 valence electrons. The number of aromatic nitrogens is 1. The number of nitrogens with one attached hydrogen (secondary N) is 2. The number of ether oxygens (including phenoxy) is 2. The highest BCUT2D eigenvalue weighted by molar-refractivity contribution is 14.0. The number of nitrogens with zero attached hydrogens (tertiary/aromatic N) is 2. The number of thiazole rings is 1. The van der Waals surface area contributed by atoms with E-state index in [1.807, 2.05) is 25.1 Å². The van der Waals surface area contributed by atoms with Gasteiger partial charge in [-0.3, -0.25) is 4.99 Å². The van der Waals surface area contributed by atoms with Crippen LogP contribution < -0.4 is 15.4 Å². The molecule has 1 aliphatic rings. The van der Waals surface area contributed by atoms with E-state index in [1.165, 1.54) is 4.88 Å². The zero-order valence-corrected chi connectivity index (χ0v) is 21.8. The van der Waals surface area contributed by atoms with E-state index in [0.29, 0.717) is 31.3 Å². The van der Waals surface area contributed by atoms with Crippen LogP contribution in [0.15, 0.2) is 23.2 Å². The molecule has 2 heterocycles. The van der Waals surface area contributed by atoms with Crippen LogP contribution in [0.5, 0.6) is 5.75 Å². The normalized spacial score (nSPS) is 16.0. The van der Waals surface area contributed by atoms with Crippen LogP contribution in [-0.4, -0.2) is 44.9 Å². The van der Waals surface area contributed by atoms with Crippen molar-refractivity contribution in [1.29, 1.82) is 0 Å². The van der Waals surface area contributed by atoms with Crippen LogP contribution in [0.3, 0.4) is 0 Å². The van der Waals surface area contributed by atoms with Gasteiger partial charge in [0.15, 0.2) is 5.96 Å². The molecule has 0 unspecified atom stereocenters. The summed E-state index contributed by atoms with van der Waals surface area (Å²) >= 11 is 8.04. The Kier molecular flexibility index (Phi) is 9.65. The molecule has 6 nitrogen and oxygen atoms in total. The van der Waals surface area contributed by atoms with Crippen molar-refractivity contribution in [3.05, 3.63) is 44.4 Å². The molecule has 0 bridgehead atoms. The van der Waals surface area contributed by atoms with Gasteiger partial charge in [-0.2, -0.15) is 0 Å². The number of guanidine groups is 1. The third kappa shape index (κ3) is 5.99. The lowest BCUT2D eigenvalue weighted by molar-refractivity contribution is 0.0505. The lowest BCUT2D eigenvalue weighted by Gasteiger charge is -2.39. The predicted octanol–water partition coefficient (Wildman–Crippen LogP) is 4.45. The van der Waals surface area contributed by atoms with Crippen molar-refractivity contribution in [3.8, 4) is 5.75 Å². The number of halogens is 2. The average Bonchev–Trinajstić information content (AvgIpc) is 3.06. The summed E-state index contributed by atoms with van der Waals surface area (Å²) in [7, 11) is 3.48. The zero-order valence-electron chi connectivity index (χ0n) is 17.9. The minimum absolute atomic E-state index is 0. The fourth-order valence-corrected chi connectivity index (χ4v) is 4.69. The molecule has 1 aliphatic heterocycles. The third-order valence-corrected chi connectivity index (χ3v) is 6.79. The van der Waals surface area contributed by atoms with Crippen LogP contribution in [0.2, 0.25) is 5.02 Å². The van der Waals surface area contributed by atoms with Gasteiger partial charge < -0.3 is 20.1 Å². The second-order valence-electron chi connectivity index (χ2n) is 7.27. The lowest BCUT2D eigenvalue weighted by Crippen LogP contribution is -2.48. The number of benzene rings is 1. The van der Waals surface area contributed by atoms with E-state index in [2.05, 4.69) is 27.5 Å². The molecule has 3 rings (SSSR count).